The number of fused-ring (bicyclic) bond motifs is 10. The second-order valence-electron chi connectivity index (χ2n) is 14.0. The normalized spacial score (nSPS) is 18.7. The second kappa shape index (κ2) is 9.55. The third-order valence-corrected chi connectivity index (χ3v) is 11.7. The first-order valence-corrected chi connectivity index (χ1v) is 16.8. The van der Waals surface area contributed by atoms with Crippen molar-refractivity contribution in [2.45, 2.75) is 82.0 Å². The van der Waals surface area contributed by atoms with Crippen LogP contribution in [0.3, 0.4) is 0 Å². The molecule has 5 aromatic rings. The topological polar surface area (TPSA) is 0 Å². The van der Waals surface area contributed by atoms with Gasteiger partial charge in [0.15, 0.2) is 0 Å². The van der Waals surface area contributed by atoms with Crippen LogP contribution in [0.5, 0.6) is 0 Å². The Morgan fingerprint density at radius 3 is 1.26 bits per heavy atom. The smallest absolute Gasteiger partial charge is 0.0215 e. The summed E-state index contributed by atoms with van der Waals surface area (Å²) < 4.78 is 0. The molecule has 0 saturated heterocycles. The van der Waals surface area contributed by atoms with Crippen LogP contribution in [-0.4, -0.2) is 0 Å². The molecule has 4 aliphatic carbocycles. The summed E-state index contributed by atoms with van der Waals surface area (Å²) in [5, 5.41) is 0. The maximum atomic E-state index is 2.57. The summed E-state index contributed by atoms with van der Waals surface area (Å²) in [6.07, 6.45) is 13.2. The van der Waals surface area contributed by atoms with Crippen LogP contribution >= 0.6 is 0 Å². The predicted octanol–water partition coefficient (Wildman–Crippen LogP) is 11.8. The number of hydrogen-bond acceptors (Lipinski definition) is 0. The third kappa shape index (κ3) is 3.68. The van der Waals surface area contributed by atoms with Crippen LogP contribution in [0.2, 0.25) is 0 Å². The lowest BCUT2D eigenvalue weighted by molar-refractivity contribution is 0.353. The molecular weight excluding hydrogens is 516 g/mol. The number of aryl methyl sites for hydroxylation is 1. The minimum atomic E-state index is 0.191. The summed E-state index contributed by atoms with van der Waals surface area (Å²) in [7, 11) is 0. The zero-order valence-corrected chi connectivity index (χ0v) is 25.4. The van der Waals surface area contributed by atoms with Gasteiger partial charge in [0.05, 0.1) is 0 Å². The molecule has 2 fully saturated rings. The number of benzene rings is 5. The first-order valence-electron chi connectivity index (χ1n) is 16.8. The van der Waals surface area contributed by atoms with Gasteiger partial charge in [-0.3, -0.25) is 0 Å². The monoisotopic (exact) mass is 556 g/mol. The van der Waals surface area contributed by atoms with Crippen LogP contribution in [-0.2, 0) is 10.8 Å². The van der Waals surface area contributed by atoms with Crippen LogP contribution in [0.1, 0.15) is 92.0 Å². The van der Waals surface area contributed by atoms with Crippen LogP contribution in [0.15, 0.2) is 103 Å². The second-order valence-corrected chi connectivity index (χ2v) is 14.0. The molecule has 2 saturated carbocycles. The fourth-order valence-corrected chi connectivity index (χ4v) is 9.77. The standard InChI is InChI=1S/C43H40/c1-29-24-32(30-16-18-36-34-12-4-6-14-38(34)42(40(36)27-30)20-8-2-9-21-42)26-33(25-29)31-17-19-37-35-13-5-7-15-39(35)43(41(37)28-31)22-10-3-11-23-43/h4-7,12-19,24-28H,2-3,8-11,20-23H2,1H3. The van der Waals surface area contributed by atoms with E-state index in [0.29, 0.717) is 0 Å². The fraction of sp³-hybridized carbons (Fsp3) is 0.302. The summed E-state index contributed by atoms with van der Waals surface area (Å²) >= 11 is 0. The molecule has 5 aromatic carbocycles. The van der Waals surface area contributed by atoms with Crippen LogP contribution in [0.4, 0.5) is 0 Å². The van der Waals surface area contributed by atoms with Crippen molar-refractivity contribution in [2.75, 3.05) is 0 Å². The van der Waals surface area contributed by atoms with E-state index in [2.05, 4.69) is 110 Å². The van der Waals surface area contributed by atoms with Gasteiger partial charge in [0.2, 0.25) is 0 Å². The van der Waals surface area contributed by atoms with E-state index in [4.69, 9.17) is 0 Å². The predicted molar refractivity (Wildman–Crippen MR) is 181 cm³/mol. The molecule has 212 valence electrons. The Morgan fingerprint density at radius 1 is 0.372 bits per heavy atom. The van der Waals surface area contributed by atoms with Gasteiger partial charge < -0.3 is 0 Å². The van der Waals surface area contributed by atoms with E-state index in [9.17, 15) is 0 Å². The Hall–Kier alpha value is -3.90. The summed E-state index contributed by atoms with van der Waals surface area (Å²) in [6.45, 7) is 2.27. The van der Waals surface area contributed by atoms with Crippen LogP contribution in [0, 0.1) is 6.92 Å². The van der Waals surface area contributed by atoms with Gasteiger partial charge in [-0.25, -0.2) is 0 Å². The molecule has 0 aliphatic heterocycles. The Bertz CT molecular complexity index is 1750. The number of hydrogen-bond donors (Lipinski definition) is 0. The highest BCUT2D eigenvalue weighted by atomic mass is 14.5. The summed E-state index contributed by atoms with van der Waals surface area (Å²) in [4.78, 5) is 0. The van der Waals surface area contributed by atoms with E-state index < -0.39 is 0 Å². The Balaban J connectivity index is 1.15. The Kier molecular flexibility index (Phi) is 5.68. The molecule has 0 bridgehead atoms. The quantitative estimate of drug-likeness (QED) is 0.203. The van der Waals surface area contributed by atoms with Crippen molar-refractivity contribution in [2.24, 2.45) is 0 Å². The fourth-order valence-electron chi connectivity index (χ4n) is 9.77. The minimum absolute atomic E-state index is 0.191. The van der Waals surface area contributed by atoms with Crippen molar-refractivity contribution in [3.8, 4) is 44.5 Å². The molecule has 43 heavy (non-hydrogen) atoms. The SMILES string of the molecule is Cc1cc(-c2ccc3c(c2)C2(CCCCC2)c2ccccc2-3)cc(-c2ccc3c(c2)C2(CCCCC2)c2ccccc2-3)c1. The lowest BCUT2D eigenvalue weighted by Gasteiger charge is -2.36. The lowest BCUT2D eigenvalue weighted by Crippen LogP contribution is -2.28. The van der Waals surface area contributed by atoms with E-state index >= 15 is 0 Å². The average Bonchev–Trinajstić information content (AvgIpc) is 3.48. The molecule has 2 spiro atoms. The van der Waals surface area contributed by atoms with Gasteiger partial charge in [-0.2, -0.15) is 0 Å². The molecule has 0 amide bonds. The molecule has 0 N–H and O–H groups in total. The maximum Gasteiger partial charge on any atom is 0.0215 e. The molecule has 0 heterocycles. The molecule has 9 rings (SSSR count). The van der Waals surface area contributed by atoms with Gasteiger partial charge in [0.25, 0.3) is 0 Å². The summed E-state index contributed by atoms with van der Waals surface area (Å²) in [6, 6.07) is 40.5. The highest BCUT2D eigenvalue weighted by Crippen LogP contribution is 2.58. The van der Waals surface area contributed by atoms with E-state index in [0.717, 1.165) is 0 Å². The largest absolute Gasteiger partial charge is 0.0619 e. The Morgan fingerprint density at radius 2 is 0.791 bits per heavy atom. The van der Waals surface area contributed by atoms with Crippen molar-refractivity contribution < 1.29 is 0 Å². The summed E-state index contributed by atoms with van der Waals surface area (Å²) in [5.74, 6) is 0. The van der Waals surface area contributed by atoms with Gasteiger partial charge in [-0.15, -0.1) is 0 Å². The highest BCUT2D eigenvalue weighted by Gasteiger charge is 2.45. The van der Waals surface area contributed by atoms with Crippen molar-refractivity contribution in [3.63, 3.8) is 0 Å². The Labute approximate surface area is 256 Å². The average molecular weight is 557 g/mol. The van der Waals surface area contributed by atoms with E-state index in [1.54, 1.807) is 22.3 Å². The van der Waals surface area contributed by atoms with E-state index in [1.807, 2.05) is 0 Å². The van der Waals surface area contributed by atoms with Crippen molar-refractivity contribution in [1.29, 1.82) is 0 Å². The maximum absolute atomic E-state index is 2.57. The van der Waals surface area contributed by atoms with Gasteiger partial charge in [0.1, 0.15) is 0 Å². The molecule has 0 aromatic heterocycles. The molecule has 0 nitrogen and oxygen atoms in total. The van der Waals surface area contributed by atoms with E-state index in [1.165, 1.54) is 114 Å². The molecular formula is C43H40. The number of rotatable bonds is 2. The van der Waals surface area contributed by atoms with Crippen LogP contribution in [0.25, 0.3) is 44.5 Å². The van der Waals surface area contributed by atoms with Gasteiger partial charge in [-0.05, 0) is 123 Å². The molecule has 0 atom stereocenters. The lowest BCUT2D eigenvalue weighted by atomic mass is 9.67. The molecule has 4 aliphatic rings. The summed E-state index contributed by atoms with van der Waals surface area (Å²) in [5.41, 5.74) is 19.3. The third-order valence-electron chi connectivity index (χ3n) is 11.7. The first-order chi connectivity index (χ1) is 21.2. The van der Waals surface area contributed by atoms with Crippen LogP contribution < -0.4 is 0 Å². The molecule has 0 unspecified atom stereocenters. The van der Waals surface area contributed by atoms with Crippen molar-refractivity contribution in [1.82, 2.24) is 0 Å². The van der Waals surface area contributed by atoms with Crippen molar-refractivity contribution >= 4 is 0 Å². The van der Waals surface area contributed by atoms with E-state index in [-0.39, 0.29) is 10.8 Å². The first kappa shape index (κ1) is 25.6. The minimum Gasteiger partial charge on any atom is -0.0619 e. The van der Waals surface area contributed by atoms with Gasteiger partial charge >= 0.3 is 0 Å². The zero-order valence-electron chi connectivity index (χ0n) is 25.4. The molecule has 0 radical (unpaired) electrons. The van der Waals surface area contributed by atoms with Crippen molar-refractivity contribution in [3.05, 3.63) is 131 Å². The van der Waals surface area contributed by atoms with Gasteiger partial charge in [-0.1, -0.05) is 123 Å². The van der Waals surface area contributed by atoms with Gasteiger partial charge in [0, 0.05) is 10.8 Å². The molecule has 0 heteroatoms. The zero-order chi connectivity index (χ0) is 28.6. The highest BCUT2D eigenvalue weighted by molar-refractivity contribution is 5.87.